The minimum Gasteiger partial charge on any atom is -0.355 e. The first-order valence-electron chi connectivity index (χ1n) is 5.00. The van der Waals surface area contributed by atoms with E-state index in [-0.39, 0.29) is 5.69 Å². The standard InChI is InChI=1S/C9H11N5O/c15-9-13-12-7-3-4-10-8(14(7)9)11-5-6-1-2-6/h3-4,6H,1-2,5H2,(H,10,11)(H,13,15). The predicted octanol–water partition coefficient (Wildman–Crippen LogP) is 0.239. The third kappa shape index (κ3) is 1.47. The van der Waals surface area contributed by atoms with Gasteiger partial charge in [0.05, 0.1) is 0 Å². The van der Waals surface area contributed by atoms with Crippen LogP contribution in [0.4, 0.5) is 5.95 Å². The van der Waals surface area contributed by atoms with E-state index in [0.717, 1.165) is 12.5 Å². The molecule has 3 rings (SSSR count). The van der Waals surface area contributed by atoms with E-state index in [1.165, 1.54) is 17.2 Å². The Kier molecular flexibility index (Phi) is 1.74. The van der Waals surface area contributed by atoms with Crippen LogP contribution >= 0.6 is 0 Å². The smallest absolute Gasteiger partial charge is 0.350 e. The molecular formula is C9H11N5O. The van der Waals surface area contributed by atoms with Crippen LogP contribution in [0.2, 0.25) is 0 Å². The summed E-state index contributed by atoms with van der Waals surface area (Å²) in [4.78, 5) is 15.6. The van der Waals surface area contributed by atoms with Crippen molar-refractivity contribution in [1.82, 2.24) is 19.6 Å². The van der Waals surface area contributed by atoms with Gasteiger partial charge in [0, 0.05) is 18.8 Å². The predicted molar refractivity (Wildman–Crippen MR) is 54.8 cm³/mol. The molecule has 78 valence electrons. The summed E-state index contributed by atoms with van der Waals surface area (Å²) in [6, 6.07) is 1.69. The molecule has 6 nitrogen and oxygen atoms in total. The van der Waals surface area contributed by atoms with Gasteiger partial charge in [-0.05, 0) is 18.8 Å². The molecule has 1 saturated carbocycles. The number of hydrogen-bond donors (Lipinski definition) is 2. The molecule has 2 N–H and O–H groups in total. The maximum Gasteiger partial charge on any atom is 0.350 e. The fourth-order valence-corrected chi connectivity index (χ4v) is 1.54. The third-order valence-corrected chi connectivity index (χ3v) is 2.58. The molecule has 2 aromatic heterocycles. The van der Waals surface area contributed by atoms with Gasteiger partial charge in [0.1, 0.15) is 0 Å². The van der Waals surface area contributed by atoms with Gasteiger partial charge in [-0.15, -0.1) is 0 Å². The van der Waals surface area contributed by atoms with Crippen molar-refractivity contribution in [2.45, 2.75) is 12.8 Å². The van der Waals surface area contributed by atoms with Crippen molar-refractivity contribution < 1.29 is 0 Å². The number of H-pyrrole nitrogens is 1. The second-order valence-electron chi connectivity index (χ2n) is 3.82. The first-order valence-corrected chi connectivity index (χ1v) is 5.00. The average Bonchev–Trinajstić information content (AvgIpc) is 3.00. The zero-order valence-corrected chi connectivity index (χ0v) is 8.10. The quantitative estimate of drug-likeness (QED) is 0.752. The van der Waals surface area contributed by atoms with E-state index in [1.807, 2.05) is 0 Å². The molecule has 0 saturated heterocycles. The van der Waals surface area contributed by atoms with Crippen LogP contribution in [0.15, 0.2) is 17.1 Å². The first-order chi connectivity index (χ1) is 7.34. The Balaban J connectivity index is 2.00. The number of aromatic amines is 1. The van der Waals surface area contributed by atoms with Crippen molar-refractivity contribution in [3.63, 3.8) is 0 Å². The molecule has 2 aromatic rings. The van der Waals surface area contributed by atoms with E-state index in [9.17, 15) is 4.79 Å². The SMILES string of the molecule is O=c1[nH]nc2ccnc(NCC3CC3)n12. The van der Waals surface area contributed by atoms with Gasteiger partial charge in [-0.25, -0.2) is 19.3 Å². The summed E-state index contributed by atoms with van der Waals surface area (Å²) in [5.41, 5.74) is 0.338. The number of aromatic nitrogens is 4. The third-order valence-electron chi connectivity index (χ3n) is 2.58. The molecule has 0 bridgehead atoms. The lowest BCUT2D eigenvalue weighted by molar-refractivity contribution is 0.861. The summed E-state index contributed by atoms with van der Waals surface area (Å²) >= 11 is 0. The molecular weight excluding hydrogens is 194 g/mol. The van der Waals surface area contributed by atoms with E-state index in [0.29, 0.717) is 11.6 Å². The molecule has 1 fully saturated rings. The topological polar surface area (TPSA) is 75.1 Å². The minimum atomic E-state index is -0.253. The van der Waals surface area contributed by atoms with Gasteiger partial charge in [0.2, 0.25) is 5.95 Å². The van der Waals surface area contributed by atoms with Gasteiger partial charge >= 0.3 is 5.69 Å². The zero-order chi connectivity index (χ0) is 10.3. The molecule has 0 aromatic carbocycles. The molecule has 0 unspecified atom stereocenters. The van der Waals surface area contributed by atoms with E-state index in [2.05, 4.69) is 20.5 Å². The lowest BCUT2D eigenvalue weighted by Crippen LogP contribution is -2.17. The second-order valence-corrected chi connectivity index (χ2v) is 3.82. The minimum absolute atomic E-state index is 0.253. The monoisotopic (exact) mass is 205 g/mol. The summed E-state index contributed by atoms with van der Waals surface area (Å²) in [5, 5.41) is 9.43. The normalized spacial score (nSPS) is 15.7. The highest BCUT2D eigenvalue weighted by molar-refractivity contribution is 5.43. The van der Waals surface area contributed by atoms with E-state index in [4.69, 9.17) is 0 Å². The summed E-state index contributed by atoms with van der Waals surface area (Å²) in [5.74, 6) is 1.31. The van der Waals surface area contributed by atoms with Gasteiger partial charge in [-0.2, -0.15) is 5.10 Å². The summed E-state index contributed by atoms with van der Waals surface area (Å²) in [6.45, 7) is 0.879. The van der Waals surface area contributed by atoms with Crippen molar-refractivity contribution in [1.29, 1.82) is 0 Å². The van der Waals surface area contributed by atoms with Crippen LogP contribution in [0.5, 0.6) is 0 Å². The fourth-order valence-electron chi connectivity index (χ4n) is 1.54. The molecule has 2 heterocycles. The van der Waals surface area contributed by atoms with Gasteiger partial charge in [-0.1, -0.05) is 0 Å². The maximum atomic E-state index is 11.4. The number of hydrogen-bond acceptors (Lipinski definition) is 4. The Morgan fingerprint density at radius 1 is 1.60 bits per heavy atom. The number of anilines is 1. The van der Waals surface area contributed by atoms with Crippen molar-refractivity contribution in [2.75, 3.05) is 11.9 Å². The van der Waals surface area contributed by atoms with E-state index < -0.39 is 0 Å². The van der Waals surface area contributed by atoms with Crippen molar-refractivity contribution in [2.24, 2.45) is 5.92 Å². The average molecular weight is 205 g/mol. The molecule has 0 atom stereocenters. The van der Waals surface area contributed by atoms with Gasteiger partial charge in [-0.3, -0.25) is 0 Å². The Morgan fingerprint density at radius 3 is 3.27 bits per heavy atom. The summed E-state index contributed by atoms with van der Waals surface area (Å²) in [6.07, 6.45) is 4.18. The Morgan fingerprint density at radius 2 is 2.47 bits per heavy atom. The molecule has 0 radical (unpaired) electrons. The van der Waals surface area contributed by atoms with Crippen molar-refractivity contribution >= 4 is 11.6 Å². The van der Waals surface area contributed by atoms with Crippen LogP contribution < -0.4 is 11.0 Å². The Labute approximate surface area is 85.3 Å². The van der Waals surface area contributed by atoms with Crippen molar-refractivity contribution in [3.8, 4) is 0 Å². The highest BCUT2D eigenvalue weighted by Crippen LogP contribution is 2.28. The Bertz CT molecular complexity index is 539. The maximum absolute atomic E-state index is 11.4. The van der Waals surface area contributed by atoms with E-state index >= 15 is 0 Å². The van der Waals surface area contributed by atoms with Gasteiger partial charge in [0.25, 0.3) is 0 Å². The molecule has 15 heavy (non-hydrogen) atoms. The Hall–Kier alpha value is -1.85. The van der Waals surface area contributed by atoms with Crippen LogP contribution in [-0.2, 0) is 0 Å². The zero-order valence-electron chi connectivity index (χ0n) is 8.10. The lowest BCUT2D eigenvalue weighted by atomic mass is 10.4. The van der Waals surface area contributed by atoms with Crippen LogP contribution in [0.3, 0.4) is 0 Å². The molecule has 1 aliphatic rings. The number of nitrogens with zero attached hydrogens (tertiary/aromatic N) is 3. The second kappa shape index (κ2) is 3.08. The molecule has 0 amide bonds. The van der Waals surface area contributed by atoms with Gasteiger partial charge < -0.3 is 5.32 Å². The van der Waals surface area contributed by atoms with Crippen LogP contribution in [0, 0.1) is 5.92 Å². The highest BCUT2D eigenvalue weighted by atomic mass is 16.1. The summed E-state index contributed by atoms with van der Waals surface area (Å²) < 4.78 is 1.45. The highest BCUT2D eigenvalue weighted by Gasteiger charge is 2.21. The molecule has 6 heteroatoms. The number of nitrogens with one attached hydrogen (secondary N) is 2. The molecule has 0 spiro atoms. The fraction of sp³-hybridized carbons (Fsp3) is 0.444. The van der Waals surface area contributed by atoms with Crippen LogP contribution in [-0.4, -0.2) is 26.1 Å². The van der Waals surface area contributed by atoms with Crippen molar-refractivity contribution in [3.05, 3.63) is 22.7 Å². The van der Waals surface area contributed by atoms with Gasteiger partial charge in [0.15, 0.2) is 5.65 Å². The largest absolute Gasteiger partial charge is 0.355 e. The van der Waals surface area contributed by atoms with Crippen LogP contribution in [0.25, 0.3) is 5.65 Å². The molecule has 0 aliphatic heterocycles. The lowest BCUT2D eigenvalue weighted by Gasteiger charge is -2.04. The number of fused-ring (bicyclic) bond motifs is 1. The molecule has 1 aliphatic carbocycles. The number of rotatable bonds is 3. The first kappa shape index (κ1) is 8.46. The van der Waals surface area contributed by atoms with Crippen LogP contribution in [0.1, 0.15) is 12.8 Å². The van der Waals surface area contributed by atoms with E-state index in [1.54, 1.807) is 12.3 Å². The summed E-state index contributed by atoms with van der Waals surface area (Å²) in [7, 11) is 0.